The quantitative estimate of drug-likeness (QED) is 0.291. The lowest BCUT2D eigenvalue weighted by Crippen LogP contribution is -2.51. The minimum Gasteiger partial charge on any atom is -0.444 e. The number of carbonyl (C=O) groups excluding carboxylic acids is 1. The highest BCUT2D eigenvalue weighted by Gasteiger charge is 2.31. The second-order valence-corrected chi connectivity index (χ2v) is 11.2. The van der Waals surface area contributed by atoms with E-state index in [9.17, 15) is 4.79 Å². The molecule has 1 N–H and O–H groups in total. The fourth-order valence-electron chi connectivity index (χ4n) is 5.12. The third-order valence-electron chi connectivity index (χ3n) is 6.92. The number of aryl methyl sites for hydroxylation is 1. The zero-order chi connectivity index (χ0) is 27.4. The zero-order valence-corrected chi connectivity index (χ0v) is 23.2. The van der Waals surface area contributed by atoms with Gasteiger partial charge in [0, 0.05) is 66.2 Å². The van der Waals surface area contributed by atoms with E-state index in [4.69, 9.17) is 4.74 Å². The molecule has 202 valence electrons. The fourth-order valence-corrected chi connectivity index (χ4v) is 5.12. The summed E-state index contributed by atoms with van der Waals surface area (Å²) in [5.41, 5.74) is 5.80. The van der Waals surface area contributed by atoms with Crippen LogP contribution in [-0.2, 0) is 11.3 Å². The Balaban J connectivity index is 1.42. The van der Waals surface area contributed by atoms with Crippen LogP contribution < -0.4 is 10.2 Å². The molecule has 7 heteroatoms. The van der Waals surface area contributed by atoms with Crippen molar-refractivity contribution in [1.29, 1.82) is 0 Å². The predicted octanol–water partition coefficient (Wildman–Crippen LogP) is 7.09. The molecule has 7 nitrogen and oxygen atoms in total. The van der Waals surface area contributed by atoms with Crippen LogP contribution in [0.2, 0.25) is 0 Å². The number of carbonyl (C=O) groups is 1. The molecule has 0 saturated carbocycles. The molecule has 3 heterocycles. The molecule has 1 aliphatic rings. The van der Waals surface area contributed by atoms with Crippen LogP contribution in [0.25, 0.3) is 10.9 Å². The number of pyridine rings is 2. The molecule has 2 aromatic carbocycles. The Morgan fingerprint density at radius 3 is 2.56 bits per heavy atom. The molecule has 0 spiro atoms. The van der Waals surface area contributed by atoms with Crippen molar-refractivity contribution in [3.05, 3.63) is 90.4 Å². The number of hydrogen-bond acceptors (Lipinski definition) is 6. The lowest BCUT2D eigenvalue weighted by molar-refractivity contribution is 0.0197. The number of aromatic nitrogens is 2. The lowest BCUT2D eigenvalue weighted by Gasteiger charge is -2.41. The maximum atomic E-state index is 13.0. The van der Waals surface area contributed by atoms with Crippen LogP contribution in [0.1, 0.15) is 44.9 Å². The highest BCUT2D eigenvalue weighted by molar-refractivity contribution is 5.91. The van der Waals surface area contributed by atoms with Crippen LogP contribution in [0.15, 0.2) is 79.1 Å². The van der Waals surface area contributed by atoms with Gasteiger partial charge in [0.1, 0.15) is 5.60 Å². The monoisotopic (exact) mass is 523 g/mol. The molecule has 1 saturated heterocycles. The number of amides is 1. The van der Waals surface area contributed by atoms with E-state index in [-0.39, 0.29) is 12.1 Å². The Morgan fingerprint density at radius 1 is 1.03 bits per heavy atom. The molecular weight excluding hydrogens is 486 g/mol. The number of hydrogen-bond donors (Lipinski definition) is 1. The highest BCUT2D eigenvalue weighted by atomic mass is 16.6. The Labute approximate surface area is 230 Å². The number of nitrogens with one attached hydrogen (secondary N) is 1. The Morgan fingerprint density at radius 2 is 1.79 bits per heavy atom. The molecular formula is C32H37N5O2. The van der Waals surface area contributed by atoms with Crippen LogP contribution in [0.5, 0.6) is 0 Å². The first-order valence-corrected chi connectivity index (χ1v) is 13.6. The van der Waals surface area contributed by atoms with Gasteiger partial charge in [0.2, 0.25) is 0 Å². The molecule has 0 radical (unpaired) electrons. The molecule has 1 aliphatic heterocycles. The van der Waals surface area contributed by atoms with Gasteiger partial charge >= 0.3 is 6.09 Å². The van der Waals surface area contributed by atoms with Crippen molar-refractivity contribution < 1.29 is 9.53 Å². The van der Waals surface area contributed by atoms with Crippen molar-refractivity contribution >= 4 is 34.1 Å². The number of ether oxygens (including phenoxy) is 1. The Bertz CT molecular complexity index is 1430. The van der Waals surface area contributed by atoms with E-state index in [1.807, 2.05) is 69.3 Å². The molecule has 5 rings (SSSR count). The Kier molecular flexibility index (Phi) is 7.68. The summed E-state index contributed by atoms with van der Waals surface area (Å²) >= 11 is 0. The molecule has 0 bridgehead atoms. The SMILES string of the molecule is Cc1cc(Nc2ccc(CN(c3ccnc4ccccc34)[C@H]3CCCN(C(=O)OC(C)(C)C)C3)cc2)ccn1. The van der Waals surface area contributed by atoms with Gasteiger partial charge in [0.05, 0.1) is 5.52 Å². The highest BCUT2D eigenvalue weighted by Crippen LogP contribution is 2.32. The second-order valence-electron chi connectivity index (χ2n) is 11.2. The summed E-state index contributed by atoms with van der Waals surface area (Å²) in [6.45, 7) is 9.77. The van der Waals surface area contributed by atoms with E-state index in [1.165, 1.54) is 5.56 Å². The first kappa shape index (κ1) is 26.5. The van der Waals surface area contributed by atoms with Gasteiger partial charge in [0.15, 0.2) is 0 Å². The fraction of sp³-hybridized carbons (Fsp3) is 0.344. The van der Waals surface area contributed by atoms with Gasteiger partial charge in [-0.3, -0.25) is 9.97 Å². The molecule has 1 amide bonds. The third kappa shape index (κ3) is 6.66. The van der Waals surface area contributed by atoms with Gasteiger partial charge in [-0.1, -0.05) is 30.3 Å². The molecule has 2 aromatic heterocycles. The van der Waals surface area contributed by atoms with Crippen molar-refractivity contribution in [2.24, 2.45) is 0 Å². The summed E-state index contributed by atoms with van der Waals surface area (Å²) in [4.78, 5) is 26.1. The number of para-hydroxylation sites is 1. The number of nitrogens with zero attached hydrogens (tertiary/aromatic N) is 4. The first-order chi connectivity index (χ1) is 18.7. The maximum Gasteiger partial charge on any atom is 0.410 e. The summed E-state index contributed by atoms with van der Waals surface area (Å²) in [7, 11) is 0. The van der Waals surface area contributed by atoms with E-state index < -0.39 is 5.60 Å². The first-order valence-electron chi connectivity index (χ1n) is 13.6. The van der Waals surface area contributed by atoms with Gasteiger partial charge in [0.25, 0.3) is 0 Å². The number of fused-ring (bicyclic) bond motifs is 1. The lowest BCUT2D eigenvalue weighted by atomic mass is 10.0. The molecule has 0 aliphatic carbocycles. The normalized spacial score (nSPS) is 15.7. The van der Waals surface area contributed by atoms with Gasteiger partial charge in [-0.05, 0) is 82.5 Å². The predicted molar refractivity (Wildman–Crippen MR) is 157 cm³/mol. The Hall–Kier alpha value is -4.13. The van der Waals surface area contributed by atoms with Gasteiger partial charge in [-0.2, -0.15) is 0 Å². The molecule has 4 aromatic rings. The number of piperidine rings is 1. The van der Waals surface area contributed by atoms with Crippen LogP contribution in [-0.4, -0.2) is 45.7 Å². The van der Waals surface area contributed by atoms with Crippen LogP contribution in [0.3, 0.4) is 0 Å². The van der Waals surface area contributed by atoms with Crippen LogP contribution in [0, 0.1) is 6.92 Å². The summed E-state index contributed by atoms with van der Waals surface area (Å²) in [5.74, 6) is 0. The minimum atomic E-state index is -0.518. The number of likely N-dealkylation sites (tertiary alicyclic amines) is 1. The second kappa shape index (κ2) is 11.3. The largest absolute Gasteiger partial charge is 0.444 e. The van der Waals surface area contributed by atoms with Crippen LogP contribution in [0.4, 0.5) is 21.9 Å². The summed E-state index contributed by atoms with van der Waals surface area (Å²) in [6.07, 6.45) is 5.37. The molecule has 0 unspecified atom stereocenters. The number of benzene rings is 2. The van der Waals surface area contributed by atoms with E-state index in [2.05, 4.69) is 62.6 Å². The smallest absolute Gasteiger partial charge is 0.410 e. The van der Waals surface area contributed by atoms with Gasteiger partial charge in [-0.15, -0.1) is 0 Å². The van der Waals surface area contributed by atoms with E-state index in [1.54, 1.807) is 0 Å². The minimum absolute atomic E-state index is 0.148. The summed E-state index contributed by atoms with van der Waals surface area (Å²) in [5, 5.41) is 4.57. The maximum absolute atomic E-state index is 13.0. The third-order valence-corrected chi connectivity index (χ3v) is 6.92. The van der Waals surface area contributed by atoms with Crippen molar-refractivity contribution in [3.63, 3.8) is 0 Å². The standard InChI is InChI=1S/C32H37N5O2/c1-23-20-26(15-17-33-23)35-25-13-11-24(12-14-25)21-37(30-16-18-34-29-10-6-5-9-28(29)30)27-8-7-19-36(22-27)31(38)39-32(2,3)4/h5-6,9-18,20,27H,7-8,19,21-22H2,1-4H3,(H,33,35)/t27-/m0/s1. The van der Waals surface area contributed by atoms with Crippen LogP contribution >= 0.6 is 0 Å². The average Bonchev–Trinajstić information content (AvgIpc) is 2.92. The zero-order valence-electron chi connectivity index (χ0n) is 23.2. The van der Waals surface area contributed by atoms with Crippen molar-refractivity contribution in [1.82, 2.24) is 14.9 Å². The van der Waals surface area contributed by atoms with Gasteiger partial charge < -0.3 is 19.9 Å². The molecule has 1 atom stereocenters. The van der Waals surface area contributed by atoms with Crippen molar-refractivity contribution in [2.45, 2.75) is 58.7 Å². The summed E-state index contributed by atoms with van der Waals surface area (Å²) in [6, 6.07) is 23.1. The van der Waals surface area contributed by atoms with E-state index in [0.717, 1.165) is 53.0 Å². The topological polar surface area (TPSA) is 70.6 Å². The van der Waals surface area contributed by atoms with Crippen molar-refractivity contribution in [2.75, 3.05) is 23.3 Å². The molecule has 39 heavy (non-hydrogen) atoms. The van der Waals surface area contributed by atoms with Gasteiger partial charge in [-0.25, -0.2) is 4.79 Å². The summed E-state index contributed by atoms with van der Waals surface area (Å²) < 4.78 is 5.72. The molecule has 1 fully saturated rings. The van der Waals surface area contributed by atoms with E-state index in [0.29, 0.717) is 13.1 Å². The average molecular weight is 524 g/mol. The number of anilines is 3. The van der Waals surface area contributed by atoms with Crippen molar-refractivity contribution in [3.8, 4) is 0 Å². The number of rotatable bonds is 6. The van der Waals surface area contributed by atoms with E-state index >= 15 is 0 Å².